The Morgan fingerprint density at radius 3 is 2.50 bits per heavy atom. The molecule has 0 atom stereocenters. The zero-order valence-electron chi connectivity index (χ0n) is 19.1. The van der Waals surface area contributed by atoms with Crippen LogP contribution in [-0.4, -0.2) is 26.4 Å². The maximum Gasteiger partial charge on any atom is 0.261 e. The SMILES string of the molecule is COc1ccc2sc(N(Cc3ccco3)C(=O)c3ccc(NS(=O)(=O)c4ccccc4)cc3)nc2c1. The van der Waals surface area contributed by atoms with Crippen molar-refractivity contribution >= 4 is 48.3 Å². The maximum atomic E-state index is 13.6. The molecule has 2 aromatic heterocycles. The van der Waals surface area contributed by atoms with Crippen molar-refractivity contribution < 1.29 is 22.4 Å². The van der Waals surface area contributed by atoms with Gasteiger partial charge < -0.3 is 9.15 Å². The number of aromatic nitrogens is 1. The molecule has 36 heavy (non-hydrogen) atoms. The number of ether oxygens (including phenoxy) is 1. The van der Waals surface area contributed by atoms with Crippen LogP contribution < -0.4 is 14.4 Å². The van der Waals surface area contributed by atoms with Crippen LogP contribution in [0.5, 0.6) is 5.75 Å². The number of furan rings is 1. The summed E-state index contributed by atoms with van der Waals surface area (Å²) in [6.45, 7) is 0.186. The van der Waals surface area contributed by atoms with E-state index in [0.29, 0.717) is 27.9 Å². The van der Waals surface area contributed by atoms with E-state index in [0.717, 1.165) is 10.2 Å². The van der Waals surface area contributed by atoms with Gasteiger partial charge in [0.05, 0.1) is 35.0 Å². The Bertz CT molecular complexity index is 1600. The fourth-order valence-electron chi connectivity index (χ4n) is 3.57. The third-order valence-electron chi connectivity index (χ3n) is 5.39. The third-order valence-corrected chi connectivity index (χ3v) is 7.85. The van der Waals surface area contributed by atoms with Crippen LogP contribution in [0.25, 0.3) is 10.2 Å². The monoisotopic (exact) mass is 519 g/mol. The lowest BCUT2D eigenvalue weighted by molar-refractivity contribution is 0.0983. The van der Waals surface area contributed by atoms with Crippen molar-refractivity contribution in [3.05, 3.63) is 103 Å². The number of rotatable bonds is 8. The first-order valence-corrected chi connectivity index (χ1v) is 13.2. The Labute approximate surface area is 211 Å². The van der Waals surface area contributed by atoms with E-state index in [-0.39, 0.29) is 17.3 Å². The molecule has 8 nitrogen and oxygen atoms in total. The lowest BCUT2D eigenvalue weighted by Crippen LogP contribution is -2.30. The Hall–Kier alpha value is -4.15. The van der Waals surface area contributed by atoms with E-state index in [4.69, 9.17) is 9.15 Å². The van der Waals surface area contributed by atoms with Gasteiger partial charge in [-0.15, -0.1) is 0 Å². The summed E-state index contributed by atoms with van der Waals surface area (Å²) in [4.78, 5) is 19.9. The largest absolute Gasteiger partial charge is 0.497 e. The third kappa shape index (κ3) is 4.95. The van der Waals surface area contributed by atoms with Crippen LogP contribution in [0.1, 0.15) is 16.1 Å². The molecule has 0 saturated heterocycles. The van der Waals surface area contributed by atoms with Crippen LogP contribution in [0.4, 0.5) is 10.8 Å². The molecule has 2 heterocycles. The highest BCUT2D eigenvalue weighted by Crippen LogP contribution is 2.33. The van der Waals surface area contributed by atoms with Crippen LogP contribution in [0.15, 0.2) is 101 Å². The molecule has 5 aromatic rings. The van der Waals surface area contributed by atoms with Gasteiger partial charge in [-0.2, -0.15) is 0 Å². The Morgan fingerprint density at radius 1 is 1.03 bits per heavy atom. The van der Waals surface area contributed by atoms with Crippen molar-refractivity contribution in [3.63, 3.8) is 0 Å². The first-order valence-electron chi connectivity index (χ1n) is 10.9. The van der Waals surface area contributed by atoms with Crippen LogP contribution in [-0.2, 0) is 16.6 Å². The zero-order valence-corrected chi connectivity index (χ0v) is 20.8. The van der Waals surface area contributed by atoms with E-state index in [9.17, 15) is 13.2 Å². The Morgan fingerprint density at radius 2 is 1.81 bits per heavy atom. The number of sulfonamides is 1. The number of hydrogen-bond donors (Lipinski definition) is 1. The lowest BCUT2D eigenvalue weighted by Gasteiger charge is -2.19. The van der Waals surface area contributed by atoms with Gasteiger partial charge in [-0.25, -0.2) is 13.4 Å². The molecule has 0 fully saturated rings. The number of amides is 1. The summed E-state index contributed by atoms with van der Waals surface area (Å²) in [6, 6.07) is 23.5. The standard InChI is InChI=1S/C26H21N3O5S2/c1-33-20-13-14-24-23(16-20)27-26(35-24)29(17-21-6-5-15-34-21)25(30)18-9-11-19(12-10-18)28-36(31,32)22-7-3-2-4-8-22/h2-16,28H,17H2,1H3. The molecule has 0 aliphatic rings. The van der Waals surface area contributed by atoms with Gasteiger partial charge in [0, 0.05) is 17.3 Å². The van der Waals surface area contributed by atoms with Gasteiger partial charge >= 0.3 is 0 Å². The second-order valence-corrected chi connectivity index (χ2v) is 10.5. The number of thiazole rings is 1. The highest BCUT2D eigenvalue weighted by atomic mass is 32.2. The summed E-state index contributed by atoms with van der Waals surface area (Å²) in [7, 11) is -2.15. The topological polar surface area (TPSA) is 102 Å². The van der Waals surface area contributed by atoms with Gasteiger partial charge in [0.2, 0.25) is 0 Å². The predicted molar refractivity (Wildman–Crippen MR) is 139 cm³/mol. The lowest BCUT2D eigenvalue weighted by atomic mass is 10.2. The number of benzene rings is 3. The number of nitrogens with one attached hydrogen (secondary N) is 1. The molecule has 0 spiro atoms. The molecule has 0 aliphatic carbocycles. The Balaban J connectivity index is 1.43. The normalized spacial score (nSPS) is 11.4. The highest BCUT2D eigenvalue weighted by Gasteiger charge is 2.23. The number of anilines is 2. The Kier molecular flexibility index (Phi) is 6.45. The molecule has 182 valence electrons. The van der Waals surface area contributed by atoms with Crippen LogP contribution in [0.2, 0.25) is 0 Å². The highest BCUT2D eigenvalue weighted by molar-refractivity contribution is 7.92. The van der Waals surface area contributed by atoms with Crippen molar-refractivity contribution in [1.82, 2.24) is 4.98 Å². The number of methoxy groups -OCH3 is 1. The quantitative estimate of drug-likeness (QED) is 0.289. The van der Waals surface area contributed by atoms with Crippen LogP contribution in [0, 0.1) is 0 Å². The molecule has 1 amide bonds. The van der Waals surface area contributed by atoms with Crippen LogP contribution in [0.3, 0.4) is 0 Å². The van der Waals surface area contributed by atoms with E-state index in [1.54, 1.807) is 72.9 Å². The van der Waals surface area contributed by atoms with Crippen molar-refractivity contribution in [1.29, 1.82) is 0 Å². The molecule has 5 rings (SSSR count). The molecule has 3 aromatic carbocycles. The summed E-state index contributed by atoms with van der Waals surface area (Å²) < 4.78 is 39.4. The number of nitrogens with zero attached hydrogens (tertiary/aromatic N) is 2. The second-order valence-electron chi connectivity index (χ2n) is 7.80. The average molecular weight is 520 g/mol. The van der Waals surface area contributed by atoms with Gasteiger partial charge in [0.1, 0.15) is 11.5 Å². The molecule has 0 saturated carbocycles. The van der Waals surface area contributed by atoms with Gasteiger partial charge in [0.25, 0.3) is 15.9 Å². The van der Waals surface area contributed by atoms with E-state index in [2.05, 4.69) is 9.71 Å². The van der Waals surface area contributed by atoms with Gasteiger partial charge in [-0.05, 0) is 60.7 Å². The second kappa shape index (κ2) is 9.84. The molecular weight excluding hydrogens is 498 g/mol. The van der Waals surface area contributed by atoms with E-state index < -0.39 is 10.0 Å². The summed E-state index contributed by atoms with van der Waals surface area (Å²) >= 11 is 1.38. The number of carbonyl (C=O) groups excluding carboxylic acids is 1. The molecule has 0 aliphatic heterocycles. The molecule has 10 heteroatoms. The minimum atomic E-state index is -3.74. The van der Waals surface area contributed by atoms with Gasteiger partial charge in [-0.3, -0.25) is 14.4 Å². The van der Waals surface area contributed by atoms with Crippen LogP contribution >= 0.6 is 11.3 Å². The first-order chi connectivity index (χ1) is 17.4. The van der Waals surface area contributed by atoms with Crippen molar-refractivity contribution in [3.8, 4) is 5.75 Å². The van der Waals surface area contributed by atoms with E-state index in [1.165, 1.54) is 23.5 Å². The van der Waals surface area contributed by atoms with Gasteiger partial charge in [0.15, 0.2) is 5.13 Å². The van der Waals surface area contributed by atoms with Crippen molar-refractivity contribution in [2.45, 2.75) is 11.4 Å². The smallest absolute Gasteiger partial charge is 0.261 e. The number of hydrogen-bond acceptors (Lipinski definition) is 7. The predicted octanol–water partition coefficient (Wildman–Crippen LogP) is 5.55. The first kappa shape index (κ1) is 23.6. The van der Waals surface area contributed by atoms with Crippen molar-refractivity contribution in [2.24, 2.45) is 0 Å². The molecular formula is C26H21N3O5S2. The zero-order chi connectivity index (χ0) is 25.1. The average Bonchev–Trinajstić information content (AvgIpc) is 3.57. The molecule has 1 N–H and O–H groups in total. The summed E-state index contributed by atoms with van der Waals surface area (Å²) in [5.41, 5.74) is 1.44. The molecule has 0 radical (unpaired) electrons. The minimum absolute atomic E-state index is 0.155. The number of carbonyl (C=O) groups is 1. The summed E-state index contributed by atoms with van der Waals surface area (Å²) in [5, 5.41) is 0.508. The number of fused-ring (bicyclic) bond motifs is 1. The maximum absolute atomic E-state index is 13.6. The fourth-order valence-corrected chi connectivity index (χ4v) is 5.60. The molecule has 0 bridgehead atoms. The van der Waals surface area contributed by atoms with E-state index in [1.807, 2.05) is 18.2 Å². The molecule has 0 unspecified atom stereocenters. The van der Waals surface area contributed by atoms with Gasteiger partial charge in [-0.1, -0.05) is 29.5 Å². The summed E-state index contributed by atoms with van der Waals surface area (Å²) in [6.07, 6.45) is 1.55. The van der Waals surface area contributed by atoms with E-state index >= 15 is 0 Å². The summed E-state index contributed by atoms with van der Waals surface area (Å²) in [5.74, 6) is 0.985. The van der Waals surface area contributed by atoms with Crippen molar-refractivity contribution in [2.75, 3.05) is 16.7 Å². The fraction of sp³-hybridized carbons (Fsp3) is 0.0769. The minimum Gasteiger partial charge on any atom is -0.497 e.